The van der Waals surface area contributed by atoms with Crippen LogP contribution in [0.2, 0.25) is 0 Å². The second kappa shape index (κ2) is 6.72. The topological polar surface area (TPSA) is 87.0 Å². The van der Waals surface area contributed by atoms with Crippen molar-refractivity contribution in [2.24, 2.45) is 11.1 Å². The highest BCUT2D eigenvalue weighted by atomic mass is 32.1. The summed E-state index contributed by atoms with van der Waals surface area (Å²) in [7, 11) is 0. The molecule has 2 unspecified atom stereocenters. The number of hydrogen-bond donors (Lipinski definition) is 2. The number of rotatable bonds is 6. The molecule has 1 rings (SSSR count). The summed E-state index contributed by atoms with van der Waals surface area (Å²) in [5.41, 5.74) is 0. The van der Waals surface area contributed by atoms with Crippen molar-refractivity contribution >= 4 is 24.5 Å². The molecule has 6 nitrogen and oxygen atoms in total. The van der Waals surface area contributed by atoms with E-state index in [0.717, 1.165) is 0 Å². The van der Waals surface area contributed by atoms with E-state index in [4.69, 9.17) is 5.11 Å². The number of carboxylic acids is 1. The van der Waals surface area contributed by atoms with Gasteiger partial charge in [0.05, 0.1) is 5.92 Å². The third-order valence-corrected chi connectivity index (χ3v) is 3.66. The van der Waals surface area contributed by atoms with Crippen LogP contribution in [0.5, 0.6) is 0 Å². The number of aliphatic carboxylic acids is 1. The van der Waals surface area contributed by atoms with E-state index in [1.54, 1.807) is 0 Å². The molecule has 0 bridgehead atoms. The standard InChI is InChI=1S/C11H18N2O4S/c1-2-4-7(9(18)12-17)10(14)13-6-3-5-8(13)11(15)16/h7-9,18H,2-6H2,1H3,(H,15,16)/t7?,8-,9?/m0/s1. The zero-order valence-electron chi connectivity index (χ0n) is 10.3. The fourth-order valence-corrected chi connectivity index (χ4v) is 2.56. The quantitative estimate of drug-likeness (QED) is 0.567. The molecule has 0 saturated carbocycles. The van der Waals surface area contributed by atoms with Gasteiger partial charge >= 0.3 is 5.97 Å². The predicted molar refractivity (Wildman–Crippen MR) is 69.3 cm³/mol. The fraction of sp³-hybridized carbons (Fsp3) is 0.818. The van der Waals surface area contributed by atoms with Crippen molar-refractivity contribution < 1.29 is 14.7 Å². The average molecular weight is 274 g/mol. The molecule has 0 spiro atoms. The lowest BCUT2D eigenvalue weighted by Crippen LogP contribution is -2.45. The Morgan fingerprint density at radius 3 is 2.72 bits per heavy atom. The van der Waals surface area contributed by atoms with Gasteiger partial charge < -0.3 is 10.0 Å². The predicted octanol–water partition coefficient (Wildman–Crippen LogP) is 1.50. The Hall–Kier alpha value is -1.11. The Morgan fingerprint density at radius 2 is 2.22 bits per heavy atom. The number of carbonyl (C=O) groups is 2. The number of thiol groups is 1. The largest absolute Gasteiger partial charge is 0.480 e. The molecule has 1 N–H and O–H groups in total. The van der Waals surface area contributed by atoms with Crippen LogP contribution in [-0.2, 0) is 9.59 Å². The highest BCUT2D eigenvalue weighted by molar-refractivity contribution is 7.81. The number of hydrogen-bond acceptors (Lipinski definition) is 5. The zero-order chi connectivity index (χ0) is 13.7. The van der Waals surface area contributed by atoms with Crippen molar-refractivity contribution in [1.29, 1.82) is 0 Å². The molecule has 1 saturated heterocycles. The summed E-state index contributed by atoms with van der Waals surface area (Å²) in [6, 6.07) is -0.774. The molecular weight excluding hydrogens is 256 g/mol. The number of carboxylic acid groups (broad SMARTS) is 1. The smallest absolute Gasteiger partial charge is 0.326 e. The first-order chi connectivity index (χ1) is 8.52. The van der Waals surface area contributed by atoms with Gasteiger partial charge in [0.25, 0.3) is 0 Å². The molecule has 3 atom stereocenters. The van der Waals surface area contributed by atoms with Crippen molar-refractivity contribution in [1.82, 2.24) is 4.90 Å². The molecule has 18 heavy (non-hydrogen) atoms. The van der Waals surface area contributed by atoms with Crippen LogP contribution in [0.1, 0.15) is 32.6 Å². The lowest BCUT2D eigenvalue weighted by atomic mass is 10.0. The van der Waals surface area contributed by atoms with Gasteiger partial charge in [0.15, 0.2) is 0 Å². The minimum Gasteiger partial charge on any atom is -0.480 e. The first-order valence-electron chi connectivity index (χ1n) is 6.06. The van der Waals surface area contributed by atoms with Gasteiger partial charge in [-0.05, 0) is 19.3 Å². The van der Waals surface area contributed by atoms with Gasteiger partial charge in [-0.3, -0.25) is 4.79 Å². The van der Waals surface area contributed by atoms with Gasteiger partial charge in [0, 0.05) is 6.54 Å². The van der Waals surface area contributed by atoms with Crippen LogP contribution in [0.25, 0.3) is 0 Å². The van der Waals surface area contributed by atoms with Gasteiger partial charge in [0.2, 0.25) is 5.91 Å². The number of carbonyl (C=O) groups excluding carboxylic acids is 1. The molecule has 1 fully saturated rings. The summed E-state index contributed by atoms with van der Waals surface area (Å²) >= 11 is 4.00. The Bertz CT molecular complexity index is 333. The molecule has 1 heterocycles. The first-order valence-corrected chi connectivity index (χ1v) is 6.58. The maximum absolute atomic E-state index is 12.3. The van der Waals surface area contributed by atoms with Gasteiger partial charge in [0.1, 0.15) is 11.4 Å². The third kappa shape index (κ3) is 3.22. The number of amides is 1. The van der Waals surface area contributed by atoms with Crippen molar-refractivity contribution in [3.8, 4) is 0 Å². The van der Waals surface area contributed by atoms with Crippen LogP contribution in [0.15, 0.2) is 5.18 Å². The SMILES string of the molecule is CCCC(C(=O)N1CCC[C@H]1C(=O)O)C(S)N=O. The van der Waals surface area contributed by atoms with Crippen molar-refractivity contribution in [3.05, 3.63) is 4.91 Å². The Kier molecular flexibility index (Phi) is 5.58. The molecule has 0 aromatic rings. The Morgan fingerprint density at radius 1 is 1.56 bits per heavy atom. The van der Waals surface area contributed by atoms with Crippen molar-refractivity contribution in [2.45, 2.75) is 44.0 Å². The summed E-state index contributed by atoms with van der Waals surface area (Å²) in [5.74, 6) is -1.94. The molecule has 102 valence electrons. The molecular formula is C11H18N2O4S. The molecule has 0 radical (unpaired) electrons. The Labute approximate surface area is 111 Å². The number of likely N-dealkylation sites (tertiary alicyclic amines) is 1. The molecule has 1 aliphatic heterocycles. The van der Waals surface area contributed by atoms with Gasteiger partial charge in [-0.1, -0.05) is 18.5 Å². The maximum atomic E-state index is 12.3. The van der Waals surface area contributed by atoms with Gasteiger partial charge in [-0.25, -0.2) is 4.79 Å². The van der Waals surface area contributed by atoms with Crippen LogP contribution in [0.4, 0.5) is 0 Å². The van der Waals surface area contributed by atoms with E-state index < -0.39 is 23.3 Å². The second-order valence-electron chi connectivity index (χ2n) is 4.44. The van der Waals surface area contributed by atoms with Crippen LogP contribution in [0, 0.1) is 10.8 Å². The van der Waals surface area contributed by atoms with Crippen LogP contribution in [-0.4, -0.2) is 39.8 Å². The number of nitrogens with zero attached hydrogens (tertiary/aromatic N) is 2. The van der Waals surface area contributed by atoms with Crippen molar-refractivity contribution in [2.75, 3.05) is 6.54 Å². The van der Waals surface area contributed by atoms with E-state index in [1.165, 1.54) is 4.90 Å². The summed E-state index contributed by atoms with van der Waals surface area (Å²) in [6.45, 7) is 2.32. The van der Waals surface area contributed by atoms with Crippen LogP contribution >= 0.6 is 12.6 Å². The highest BCUT2D eigenvalue weighted by Crippen LogP contribution is 2.26. The molecule has 7 heteroatoms. The summed E-state index contributed by atoms with van der Waals surface area (Å²) in [4.78, 5) is 35.2. The minimum absolute atomic E-state index is 0.318. The normalized spacial score (nSPS) is 22.6. The lowest BCUT2D eigenvalue weighted by Gasteiger charge is -2.27. The molecule has 0 aliphatic carbocycles. The third-order valence-electron chi connectivity index (χ3n) is 3.21. The first kappa shape index (κ1) is 14.9. The Balaban J connectivity index is 2.81. The van der Waals surface area contributed by atoms with E-state index in [1.807, 2.05) is 6.92 Å². The van der Waals surface area contributed by atoms with E-state index in [2.05, 4.69) is 17.8 Å². The monoisotopic (exact) mass is 274 g/mol. The lowest BCUT2D eigenvalue weighted by molar-refractivity contribution is -0.150. The highest BCUT2D eigenvalue weighted by Gasteiger charge is 2.38. The minimum atomic E-state index is -0.995. The molecule has 1 aliphatic rings. The van der Waals surface area contributed by atoms with Crippen LogP contribution < -0.4 is 0 Å². The van der Waals surface area contributed by atoms with E-state index >= 15 is 0 Å². The van der Waals surface area contributed by atoms with E-state index in [-0.39, 0.29) is 5.91 Å². The summed E-state index contributed by atoms with van der Waals surface area (Å²) in [5, 5.41) is 10.9. The molecule has 0 aromatic carbocycles. The molecule has 1 amide bonds. The van der Waals surface area contributed by atoms with E-state index in [9.17, 15) is 14.5 Å². The molecule has 0 aromatic heterocycles. The maximum Gasteiger partial charge on any atom is 0.326 e. The zero-order valence-corrected chi connectivity index (χ0v) is 11.2. The average Bonchev–Trinajstić information content (AvgIpc) is 2.83. The van der Waals surface area contributed by atoms with Crippen LogP contribution in [0.3, 0.4) is 0 Å². The van der Waals surface area contributed by atoms with Gasteiger partial charge in [-0.15, -0.1) is 17.5 Å². The van der Waals surface area contributed by atoms with Crippen molar-refractivity contribution in [3.63, 3.8) is 0 Å². The summed E-state index contributed by atoms with van der Waals surface area (Å²) in [6.07, 6.45) is 2.34. The second-order valence-corrected chi connectivity index (χ2v) is 4.97. The number of nitroso groups, excluding NO2 is 1. The van der Waals surface area contributed by atoms with Gasteiger partial charge in [-0.2, -0.15) is 0 Å². The summed E-state index contributed by atoms with van der Waals surface area (Å²) < 4.78 is 0. The van der Waals surface area contributed by atoms with E-state index in [0.29, 0.717) is 32.2 Å². The fourth-order valence-electron chi connectivity index (χ4n) is 2.28.